The van der Waals surface area contributed by atoms with Crippen LogP contribution in [0.4, 0.5) is 17.6 Å². The Morgan fingerprint density at radius 3 is 1.87 bits per heavy atom. The van der Waals surface area contributed by atoms with Crippen molar-refractivity contribution in [1.82, 2.24) is 0 Å². The van der Waals surface area contributed by atoms with Crippen LogP contribution in [-0.4, -0.2) is 6.61 Å². The molecule has 0 saturated carbocycles. The minimum Gasteiger partial charge on any atom is -0.490 e. The van der Waals surface area contributed by atoms with Gasteiger partial charge >= 0.3 is 0 Å². The fraction of sp³-hybridized carbons (Fsp3) is 0.412. The van der Waals surface area contributed by atoms with Gasteiger partial charge in [-0.25, -0.2) is 13.2 Å². The Balaban J connectivity index is 1.46. The molecule has 0 N–H and O–H groups in total. The van der Waals surface area contributed by atoms with E-state index in [0.29, 0.717) is 35.6 Å². The maximum atomic E-state index is 15.2. The molecule has 0 heterocycles. The van der Waals surface area contributed by atoms with Crippen LogP contribution >= 0.6 is 0 Å². The van der Waals surface area contributed by atoms with Crippen LogP contribution in [0.15, 0.2) is 54.6 Å². The predicted octanol–water partition coefficient (Wildman–Crippen LogP) is 10.9. The summed E-state index contributed by atoms with van der Waals surface area (Å²) in [5.41, 5.74) is 2.32. The molecule has 4 rings (SSSR count). The summed E-state index contributed by atoms with van der Waals surface area (Å²) in [4.78, 5) is 0. The number of ether oxygens (including phenoxy) is 1. The van der Waals surface area contributed by atoms with Crippen LogP contribution in [0.1, 0.15) is 83.6 Å². The summed E-state index contributed by atoms with van der Waals surface area (Å²) in [5.74, 6) is -3.27. The zero-order chi connectivity index (χ0) is 27.8. The highest BCUT2D eigenvalue weighted by Crippen LogP contribution is 2.37. The average Bonchev–Trinajstić information content (AvgIpc) is 2.96. The third-order valence-electron chi connectivity index (χ3n) is 7.68. The molecule has 0 aliphatic heterocycles. The van der Waals surface area contributed by atoms with Crippen molar-refractivity contribution >= 4 is 5.57 Å². The highest BCUT2D eigenvalue weighted by Gasteiger charge is 2.21. The topological polar surface area (TPSA) is 9.23 Å². The summed E-state index contributed by atoms with van der Waals surface area (Å²) < 4.78 is 64.8. The third-order valence-corrected chi connectivity index (χ3v) is 7.68. The summed E-state index contributed by atoms with van der Waals surface area (Å²) >= 11 is 0. The van der Waals surface area contributed by atoms with Crippen LogP contribution in [-0.2, 0) is 0 Å². The van der Waals surface area contributed by atoms with Gasteiger partial charge in [0.2, 0.25) is 5.82 Å². The molecule has 1 atom stereocenters. The minimum atomic E-state index is -1.04. The Bertz CT molecular complexity index is 1280. The molecule has 1 aliphatic carbocycles. The van der Waals surface area contributed by atoms with Crippen molar-refractivity contribution in [2.24, 2.45) is 5.92 Å². The van der Waals surface area contributed by atoms with E-state index in [2.05, 4.69) is 13.0 Å². The van der Waals surface area contributed by atoms with Crippen molar-refractivity contribution in [2.45, 2.75) is 78.1 Å². The largest absolute Gasteiger partial charge is 0.490 e. The van der Waals surface area contributed by atoms with E-state index >= 15 is 8.78 Å². The first-order valence-electron chi connectivity index (χ1n) is 14.3. The lowest BCUT2D eigenvalue weighted by Crippen LogP contribution is -2.07. The van der Waals surface area contributed by atoms with Crippen molar-refractivity contribution in [1.29, 1.82) is 0 Å². The molecular weight excluding hydrogens is 500 g/mol. The van der Waals surface area contributed by atoms with Gasteiger partial charge in [0.05, 0.1) is 6.61 Å². The predicted molar refractivity (Wildman–Crippen MR) is 152 cm³/mol. The first kappa shape index (κ1) is 28.9. The third kappa shape index (κ3) is 6.93. The van der Waals surface area contributed by atoms with Crippen LogP contribution in [0, 0.1) is 29.2 Å². The normalized spacial score (nSPS) is 15.3. The lowest BCUT2D eigenvalue weighted by atomic mass is 9.83. The number of halogens is 4. The molecule has 3 aromatic rings. The molecule has 0 spiro atoms. The highest BCUT2D eigenvalue weighted by molar-refractivity contribution is 5.74. The van der Waals surface area contributed by atoms with Crippen molar-refractivity contribution in [3.05, 3.63) is 83.4 Å². The lowest BCUT2D eigenvalue weighted by molar-refractivity contribution is 0.295. The Hall–Kier alpha value is -3.08. The number of unbranched alkanes of at least 4 members (excludes halogenated alkanes) is 4. The molecule has 1 aliphatic rings. The molecule has 0 aromatic heterocycles. The number of benzene rings is 3. The fourth-order valence-electron chi connectivity index (χ4n) is 5.36. The first-order valence-corrected chi connectivity index (χ1v) is 14.3. The smallest absolute Gasteiger partial charge is 0.201 e. The van der Waals surface area contributed by atoms with E-state index in [9.17, 15) is 8.78 Å². The van der Waals surface area contributed by atoms with Crippen molar-refractivity contribution in [3.63, 3.8) is 0 Å². The van der Waals surface area contributed by atoms with Crippen LogP contribution in [0.25, 0.3) is 27.8 Å². The Morgan fingerprint density at radius 1 is 0.667 bits per heavy atom. The molecule has 0 bridgehead atoms. The highest BCUT2D eigenvalue weighted by atomic mass is 19.2. The van der Waals surface area contributed by atoms with Crippen molar-refractivity contribution in [2.75, 3.05) is 6.61 Å². The second kappa shape index (κ2) is 13.8. The van der Waals surface area contributed by atoms with Gasteiger partial charge in [-0.1, -0.05) is 94.8 Å². The molecule has 0 fully saturated rings. The molecule has 3 aromatic carbocycles. The van der Waals surface area contributed by atoms with E-state index < -0.39 is 23.3 Å². The second-order valence-electron chi connectivity index (χ2n) is 10.5. The maximum Gasteiger partial charge on any atom is 0.201 e. The summed E-state index contributed by atoms with van der Waals surface area (Å²) in [6, 6.07) is 12.5. The van der Waals surface area contributed by atoms with Crippen LogP contribution in [0.5, 0.6) is 5.75 Å². The monoisotopic (exact) mass is 538 g/mol. The van der Waals surface area contributed by atoms with Crippen LogP contribution in [0.2, 0.25) is 0 Å². The molecule has 0 radical (unpaired) electrons. The summed E-state index contributed by atoms with van der Waals surface area (Å²) in [7, 11) is 0. The molecule has 39 heavy (non-hydrogen) atoms. The van der Waals surface area contributed by atoms with E-state index in [4.69, 9.17) is 4.74 Å². The van der Waals surface area contributed by atoms with Gasteiger partial charge in [-0.05, 0) is 60.4 Å². The van der Waals surface area contributed by atoms with Gasteiger partial charge in [0.1, 0.15) is 0 Å². The van der Waals surface area contributed by atoms with E-state index in [1.54, 1.807) is 36.4 Å². The Morgan fingerprint density at radius 2 is 1.26 bits per heavy atom. The average molecular weight is 539 g/mol. The fourth-order valence-corrected chi connectivity index (χ4v) is 5.36. The molecule has 208 valence electrons. The van der Waals surface area contributed by atoms with E-state index in [1.807, 2.05) is 6.92 Å². The number of hydrogen-bond acceptors (Lipinski definition) is 1. The summed E-state index contributed by atoms with van der Waals surface area (Å²) in [6.07, 6.45) is 13.0. The first-order chi connectivity index (χ1) is 18.9. The number of allylic oxidation sites excluding steroid dienone is 2. The minimum absolute atomic E-state index is 0.0772. The van der Waals surface area contributed by atoms with E-state index in [1.165, 1.54) is 50.7 Å². The second-order valence-corrected chi connectivity index (χ2v) is 10.5. The molecule has 0 saturated heterocycles. The lowest BCUT2D eigenvalue weighted by Gasteiger charge is -2.22. The van der Waals surface area contributed by atoms with Gasteiger partial charge in [0.15, 0.2) is 23.2 Å². The van der Waals surface area contributed by atoms with Gasteiger partial charge < -0.3 is 4.74 Å². The van der Waals surface area contributed by atoms with Gasteiger partial charge in [-0.2, -0.15) is 4.39 Å². The Kier molecular flexibility index (Phi) is 10.2. The van der Waals surface area contributed by atoms with E-state index in [0.717, 1.165) is 24.8 Å². The van der Waals surface area contributed by atoms with Gasteiger partial charge in [-0.3, -0.25) is 0 Å². The SMILES string of the molecule is CCCCCCCC1CC=C(c2ccc(-c3ccc(-c4ccc(OCCC)c(F)c4F)cc3)c(F)c2F)CC1. The van der Waals surface area contributed by atoms with Gasteiger partial charge in [0.25, 0.3) is 0 Å². The van der Waals surface area contributed by atoms with Crippen molar-refractivity contribution in [3.8, 4) is 28.0 Å². The molecule has 0 amide bonds. The molecule has 5 heteroatoms. The number of hydrogen-bond donors (Lipinski definition) is 0. The van der Waals surface area contributed by atoms with E-state index in [-0.39, 0.29) is 16.9 Å². The molecule has 1 nitrogen and oxygen atoms in total. The van der Waals surface area contributed by atoms with Gasteiger partial charge in [0, 0.05) is 16.7 Å². The van der Waals surface area contributed by atoms with Crippen LogP contribution in [0.3, 0.4) is 0 Å². The van der Waals surface area contributed by atoms with Crippen molar-refractivity contribution < 1.29 is 22.3 Å². The zero-order valence-corrected chi connectivity index (χ0v) is 23.0. The van der Waals surface area contributed by atoms with Crippen LogP contribution < -0.4 is 4.74 Å². The maximum absolute atomic E-state index is 15.2. The quantitative estimate of drug-likeness (QED) is 0.165. The summed E-state index contributed by atoms with van der Waals surface area (Å²) in [5, 5.41) is 0. The van der Waals surface area contributed by atoms with Gasteiger partial charge in [-0.15, -0.1) is 0 Å². The number of rotatable bonds is 12. The summed E-state index contributed by atoms with van der Waals surface area (Å²) in [6.45, 7) is 4.39. The molecular formula is C34H38F4O. The Labute approximate surface area is 229 Å². The standard InChI is InChI=1S/C34H38F4O/c1-3-5-6-7-8-9-23-10-12-24(13-11-23)27-18-19-28(32(36)31(27)35)25-14-16-26(17-15-25)29-20-21-30(39-22-4-2)34(38)33(29)37/h12,14-21,23H,3-11,13,22H2,1-2H3. The zero-order valence-electron chi connectivity index (χ0n) is 23.0. The molecule has 1 unspecified atom stereocenters.